The van der Waals surface area contributed by atoms with Gasteiger partial charge in [0.25, 0.3) is 0 Å². The van der Waals surface area contributed by atoms with Crippen molar-refractivity contribution in [1.82, 2.24) is 0 Å². The van der Waals surface area contributed by atoms with E-state index >= 15 is 0 Å². The summed E-state index contributed by atoms with van der Waals surface area (Å²) in [5.41, 5.74) is -0.755. The van der Waals surface area contributed by atoms with Gasteiger partial charge in [0.1, 0.15) is 0 Å². The minimum absolute atomic E-state index is 0.310. The molecule has 12 heavy (non-hydrogen) atoms. The van der Waals surface area contributed by atoms with Gasteiger partial charge in [-0.1, -0.05) is 0 Å². The summed E-state index contributed by atoms with van der Waals surface area (Å²) in [6.45, 7) is 0. The SMILES string of the molecule is COc1[c]([Sn]([CH3])([CH3])[CH3])c(=O)c1=O. The van der Waals surface area contributed by atoms with Gasteiger partial charge >= 0.3 is 74.8 Å². The van der Waals surface area contributed by atoms with Crippen molar-refractivity contribution in [2.45, 2.75) is 14.8 Å². The van der Waals surface area contributed by atoms with E-state index in [9.17, 15) is 9.59 Å². The Morgan fingerprint density at radius 3 is 1.83 bits per heavy atom. The van der Waals surface area contributed by atoms with Crippen LogP contribution < -0.4 is 19.2 Å². The molecule has 0 bridgehead atoms. The van der Waals surface area contributed by atoms with Gasteiger partial charge in [0.15, 0.2) is 0 Å². The molecule has 1 rings (SSSR count). The number of hydrogen-bond acceptors (Lipinski definition) is 3. The van der Waals surface area contributed by atoms with E-state index in [2.05, 4.69) is 14.8 Å². The third kappa shape index (κ3) is 1.30. The topological polar surface area (TPSA) is 43.4 Å². The van der Waals surface area contributed by atoms with E-state index in [-0.39, 0.29) is 5.43 Å². The van der Waals surface area contributed by atoms with Gasteiger partial charge < -0.3 is 0 Å². The number of rotatable bonds is 2. The third-order valence-corrected chi connectivity index (χ3v) is 7.40. The van der Waals surface area contributed by atoms with Gasteiger partial charge in [-0.3, -0.25) is 0 Å². The molecule has 66 valence electrons. The monoisotopic (exact) mass is 276 g/mol. The van der Waals surface area contributed by atoms with Gasteiger partial charge in [0.2, 0.25) is 0 Å². The molecule has 0 saturated carbocycles. The summed E-state index contributed by atoms with van der Waals surface area (Å²) in [6, 6.07) is 0. The molecule has 0 amide bonds. The van der Waals surface area contributed by atoms with E-state index in [1.165, 1.54) is 7.11 Å². The van der Waals surface area contributed by atoms with Crippen LogP contribution in [0, 0.1) is 0 Å². The van der Waals surface area contributed by atoms with Crippen LogP contribution >= 0.6 is 0 Å². The van der Waals surface area contributed by atoms with Gasteiger partial charge in [-0.2, -0.15) is 0 Å². The van der Waals surface area contributed by atoms with Crippen LogP contribution in [0.5, 0.6) is 5.75 Å². The van der Waals surface area contributed by atoms with Crippen molar-refractivity contribution >= 4 is 22.0 Å². The summed E-state index contributed by atoms with van der Waals surface area (Å²) in [6.07, 6.45) is 0. The van der Waals surface area contributed by atoms with Crippen molar-refractivity contribution in [2.24, 2.45) is 0 Å². The molecule has 0 aromatic heterocycles. The summed E-state index contributed by atoms with van der Waals surface area (Å²) in [4.78, 5) is 28.4. The van der Waals surface area contributed by atoms with Gasteiger partial charge in [-0.15, -0.1) is 0 Å². The van der Waals surface area contributed by atoms with E-state index in [1.54, 1.807) is 0 Å². The van der Waals surface area contributed by atoms with Gasteiger partial charge in [-0.05, 0) is 0 Å². The van der Waals surface area contributed by atoms with Gasteiger partial charge in [-0.25, -0.2) is 0 Å². The Balaban J connectivity index is 3.29. The Hall–Kier alpha value is -0.321. The molecule has 0 aliphatic heterocycles. The van der Waals surface area contributed by atoms with Crippen LogP contribution in [0.15, 0.2) is 9.59 Å². The molecule has 0 heterocycles. The van der Waals surface area contributed by atoms with E-state index in [4.69, 9.17) is 4.74 Å². The molecule has 4 heteroatoms. The molecule has 1 aromatic rings. The fraction of sp³-hybridized carbons (Fsp3) is 0.500. The zero-order valence-corrected chi connectivity index (χ0v) is 10.6. The maximum absolute atomic E-state index is 11.1. The van der Waals surface area contributed by atoms with Crippen LogP contribution in [0.3, 0.4) is 0 Å². The van der Waals surface area contributed by atoms with Crippen molar-refractivity contribution in [3.8, 4) is 5.75 Å². The molecule has 1 aromatic carbocycles. The third-order valence-electron chi connectivity index (χ3n) is 1.82. The second kappa shape index (κ2) is 2.87. The first-order valence-corrected chi connectivity index (χ1v) is 13.8. The van der Waals surface area contributed by atoms with Crippen molar-refractivity contribution in [3.63, 3.8) is 0 Å². The first-order chi connectivity index (χ1) is 5.39. The standard InChI is InChI=1S/C5H3O3.3CH3.Sn/c1-8-4-2-3(6)5(4)7;;;;/h1H3;3*1H3;. The van der Waals surface area contributed by atoms with Crippen LogP contribution in [0.2, 0.25) is 14.8 Å². The van der Waals surface area contributed by atoms with E-state index < -0.39 is 23.8 Å². The average molecular weight is 275 g/mol. The van der Waals surface area contributed by atoms with Crippen LogP contribution in [0.1, 0.15) is 0 Å². The number of hydrogen-bond donors (Lipinski definition) is 0. The quantitative estimate of drug-likeness (QED) is 0.556. The van der Waals surface area contributed by atoms with Crippen molar-refractivity contribution in [1.29, 1.82) is 0 Å². The molecular weight excluding hydrogens is 263 g/mol. The Bertz CT molecular complexity index is 366. The second-order valence-electron chi connectivity index (χ2n) is 3.82. The van der Waals surface area contributed by atoms with Crippen LogP contribution in [0.25, 0.3) is 0 Å². The minimum atomic E-state index is -2.39. The summed E-state index contributed by atoms with van der Waals surface area (Å²) >= 11 is -2.39. The molecule has 0 radical (unpaired) electrons. The summed E-state index contributed by atoms with van der Waals surface area (Å²) in [7, 11) is 1.44. The Morgan fingerprint density at radius 1 is 1.08 bits per heavy atom. The zero-order valence-electron chi connectivity index (χ0n) is 7.72. The zero-order chi connectivity index (χ0) is 9.52. The van der Waals surface area contributed by atoms with Gasteiger partial charge in [0.05, 0.1) is 0 Å². The number of ether oxygens (including phenoxy) is 1. The predicted molar refractivity (Wildman–Crippen MR) is 50.9 cm³/mol. The molecular formula is C8H12O3Sn. The molecule has 0 saturated heterocycles. The van der Waals surface area contributed by atoms with Gasteiger partial charge in [0, 0.05) is 0 Å². The Kier molecular flexibility index (Phi) is 2.33. The maximum atomic E-state index is 11.1. The summed E-state index contributed by atoms with van der Waals surface area (Å²) in [5.74, 6) is 0.323. The van der Waals surface area contributed by atoms with Crippen LogP contribution in [0.4, 0.5) is 0 Å². The van der Waals surface area contributed by atoms with E-state index in [0.29, 0.717) is 5.75 Å². The predicted octanol–water partition coefficient (Wildman–Crippen LogP) is -0.164. The first-order valence-electron chi connectivity index (χ1n) is 3.77. The fourth-order valence-electron chi connectivity index (χ4n) is 1.25. The molecule has 0 fully saturated rings. The fourth-order valence-corrected chi connectivity index (χ4v) is 6.07. The van der Waals surface area contributed by atoms with E-state index in [0.717, 1.165) is 3.58 Å². The normalized spacial score (nSPS) is 12.0. The average Bonchev–Trinajstić information content (AvgIpc) is 1.95. The molecule has 0 aliphatic rings. The van der Waals surface area contributed by atoms with Crippen molar-refractivity contribution in [2.75, 3.05) is 7.11 Å². The molecule has 0 spiro atoms. The summed E-state index contributed by atoms with van der Waals surface area (Å²) < 4.78 is 5.59. The first kappa shape index (κ1) is 9.76. The van der Waals surface area contributed by atoms with Crippen molar-refractivity contribution < 1.29 is 4.74 Å². The number of methoxy groups -OCH3 is 1. The van der Waals surface area contributed by atoms with Crippen LogP contribution in [-0.4, -0.2) is 25.5 Å². The van der Waals surface area contributed by atoms with Crippen LogP contribution in [-0.2, 0) is 0 Å². The summed E-state index contributed by atoms with van der Waals surface area (Å²) in [5, 5.41) is 0. The molecule has 3 nitrogen and oxygen atoms in total. The molecule has 0 N–H and O–H groups in total. The van der Waals surface area contributed by atoms with Crippen molar-refractivity contribution in [3.05, 3.63) is 20.4 Å². The van der Waals surface area contributed by atoms with E-state index in [1.807, 2.05) is 0 Å². The second-order valence-corrected chi connectivity index (χ2v) is 18.1. The molecule has 0 aliphatic carbocycles. The Labute approximate surface area is 74.9 Å². The Morgan fingerprint density at radius 2 is 1.58 bits per heavy atom. The molecule has 0 unspecified atom stereocenters. The molecule has 0 atom stereocenters.